The van der Waals surface area contributed by atoms with Gasteiger partial charge in [-0.3, -0.25) is 9.36 Å². The average Bonchev–Trinajstić information content (AvgIpc) is 3.60. The molecule has 234 valence electrons. The molecule has 15 heteroatoms. The number of halogens is 3. The molecule has 6 rings (SSSR count). The number of ether oxygens (including phenoxy) is 3. The number of fused-ring (bicyclic) bond motifs is 2. The number of nitrogens with one attached hydrogen (secondary N) is 1. The molecule has 2 aromatic carbocycles. The van der Waals surface area contributed by atoms with Crippen LogP contribution in [0.15, 0.2) is 55.1 Å². The van der Waals surface area contributed by atoms with E-state index in [1.165, 1.54) is 18.5 Å². The van der Waals surface area contributed by atoms with Gasteiger partial charge in [0.25, 0.3) is 11.8 Å². The second-order valence-corrected chi connectivity index (χ2v) is 11.4. The van der Waals surface area contributed by atoms with E-state index in [4.69, 9.17) is 14.2 Å². The van der Waals surface area contributed by atoms with Gasteiger partial charge in [0.2, 0.25) is 0 Å². The fourth-order valence-corrected chi connectivity index (χ4v) is 4.87. The maximum absolute atomic E-state index is 13.5. The maximum atomic E-state index is 13.5. The standard InChI is InChI=1S/C30H28F3N7O5/c1-29(2,3)45-28(42)40-21-12-7-17(30(31,32)33)14-20(21)23(38-40)26(41)37-18-8-10-19(11-9-18)44-27-24-25(34-15-35-27)39(16-36-24)22-6-4-5-13-43-22/h7-12,14-16,22H,4-6,13H2,1-3H3,(H,37,41). The number of hydrogen-bond donors (Lipinski definition) is 1. The van der Waals surface area contributed by atoms with Gasteiger partial charge in [0, 0.05) is 17.7 Å². The number of alkyl halides is 3. The third-order valence-electron chi connectivity index (χ3n) is 6.91. The van der Waals surface area contributed by atoms with Crippen LogP contribution in [0.3, 0.4) is 0 Å². The summed E-state index contributed by atoms with van der Waals surface area (Å²) in [6.45, 7) is 5.56. The number of benzene rings is 2. The quantitative estimate of drug-likeness (QED) is 0.226. The normalized spacial score (nSPS) is 15.7. The summed E-state index contributed by atoms with van der Waals surface area (Å²) in [5.41, 5.74) is -0.982. The summed E-state index contributed by atoms with van der Waals surface area (Å²) in [6, 6.07) is 8.88. The average molecular weight is 624 g/mol. The van der Waals surface area contributed by atoms with Crippen molar-refractivity contribution in [1.82, 2.24) is 29.3 Å². The second kappa shape index (κ2) is 11.5. The minimum absolute atomic E-state index is 0.0141. The van der Waals surface area contributed by atoms with Crippen LogP contribution < -0.4 is 10.1 Å². The molecule has 0 aliphatic carbocycles. The predicted molar refractivity (Wildman–Crippen MR) is 155 cm³/mol. The van der Waals surface area contributed by atoms with Crippen LogP contribution in [-0.2, 0) is 15.7 Å². The molecule has 3 aromatic heterocycles. The molecule has 1 fully saturated rings. The molecular formula is C30H28F3N7O5. The van der Waals surface area contributed by atoms with Crippen LogP contribution in [0.5, 0.6) is 11.6 Å². The molecular weight excluding hydrogens is 595 g/mol. The number of nitrogens with zero attached hydrogens (tertiary/aromatic N) is 6. The van der Waals surface area contributed by atoms with Crippen molar-refractivity contribution >= 4 is 39.8 Å². The van der Waals surface area contributed by atoms with Gasteiger partial charge in [0.15, 0.2) is 16.9 Å². The molecule has 12 nitrogen and oxygen atoms in total. The van der Waals surface area contributed by atoms with E-state index in [0.717, 1.165) is 42.1 Å². The highest BCUT2D eigenvalue weighted by molar-refractivity contribution is 6.12. The van der Waals surface area contributed by atoms with E-state index in [2.05, 4.69) is 25.4 Å². The Hall–Kier alpha value is -5.05. The molecule has 1 aliphatic heterocycles. The van der Waals surface area contributed by atoms with Gasteiger partial charge in [0.1, 0.15) is 23.9 Å². The Morgan fingerprint density at radius 3 is 2.49 bits per heavy atom. The van der Waals surface area contributed by atoms with Gasteiger partial charge >= 0.3 is 12.3 Å². The van der Waals surface area contributed by atoms with E-state index < -0.39 is 29.3 Å². The highest BCUT2D eigenvalue weighted by Gasteiger charge is 2.33. The van der Waals surface area contributed by atoms with Gasteiger partial charge in [0.05, 0.1) is 17.4 Å². The Morgan fingerprint density at radius 2 is 1.80 bits per heavy atom. The molecule has 1 aliphatic rings. The first-order chi connectivity index (χ1) is 21.4. The Kier molecular flexibility index (Phi) is 7.64. The van der Waals surface area contributed by atoms with Crippen molar-refractivity contribution in [3.63, 3.8) is 0 Å². The van der Waals surface area contributed by atoms with Gasteiger partial charge < -0.3 is 19.5 Å². The van der Waals surface area contributed by atoms with Crippen molar-refractivity contribution < 1.29 is 37.0 Å². The number of aromatic nitrogens is 6. The summed E-state index contributed by atoms with van der Waals surface area (Å²) in [7, 11) is 0. The highest BCUT2D eigenvalue weighted by atomic mass is 19.4. The van der Waals surface area contributed by atoms with Crippen molar-refractivity contribution in [2.45, 2.75) is 58.0 Å². The minimum Gasteiger partial charge on any atom is -0.442 e. The van der Waals surface area contributed by atoms with E-state index in [1.54, 1.807) is 39.2 Å². The molecule has 45 heavy (non-hydrogen) atoms. The Balaban J connectivity index is 1.23. The van der Waals surface area contributed by atoms with Gasteiger partial charge in [-0.05, 0) is 82.5 Å². The lowest BCUT2D eigenvalue weighted by Gasteiger charge is -2.23. The van der Waals surface area contributed by atoms with Crippen LogP contribution in [0.25, 0.3) is 22.1 Å². The summed E-state index contributed by atoms with van der Waals surface area (Å²) in [6.07, 6.45) is 0.128. The van der Waals surface area contributed by atoms with Crippen LogP contribution in [0.2, 0.25) is 0 Å². The van der Waals surface area contributed by atoms with Crippen molar-refractivity contribution in [2.24, 2.45) is 0 Å². The van der Waals surface area contributed by atoms with Crippen LogP contribution in [0.1, 0.15) is 62.3 Å². The number of carbonyl (C=O) groups excluding carboxylic acids is 2. The van der Waals surface area contributed by atoms with Gasteiger partial charge in [-0.2, -0.15) is 27.9 Å². The lowest BCUT2D eigenvalue weighted by atomic mass is 10.1. The summed E-state index contributed by atoms with van der Waals surface area (Å²) < 4.78 is 60.3. The molecule has 5 aromatic rings. The molecule has 4 heterocycles. The smallest absolute Gasteiger partial charge is 0.435 e. The summed E-state index contributed by atoms with van der Waals surface area (Å²) in [5, 5.41) is 6.48. The number of carbonyl (C=O) groups is 2. The first-order valence-corrected chi connectivity index (χ1v) is 14.1. The topological polar surface area (TPSA) is 135 Å². The summed E-state index contributed by atoms with van der Waals surface area (Å²) in [5.74, 6) is -0.222. The number of amides is 1. The Morgan fingerprint density at radius 1 is 1.02 bits per heavy atom. The van der Waals surface area contributed by atoms with Crippen molar-refractivity contribution in [3.05, 3.63) is 66.4 Å². The maximum Gasteiger partial charge on any atom is 0.435 e. The molecule has 1 unspecified atom stereocenters. The van der Waals surface area contributed by atoms with Crippen molar-refractivity contribution in [1.29, 1.82) is 0 Å². The molecule has 1 atom stereocenters. The number of hydrogen-bond acceptors (Lipinski definition) is 9. The Labute approximate surface area is 254 Å². The van der Waals surface area contributed by atoms with Crippen LogP contribution >= 0.6 is 0 Å². The van der Waals surface area contributed by atoms with Gasteiger partial charge in [-0.15, -0.1) is 0 Å². The third-order valence-corrected chi connectivity index (χ3v) is 6.91. The summed E-state index contributed by atoms with van der Waals surface area (Å²) >= 11 is 0. The lowest BCUT2D eigenvalue weighted by molar-refractivity contribution is -0.137. The zero-order valence-electron chi connectivity index (χ0n) is 24.5. The number of anilines is 1. The van der Waals surface area contributed by atoms with E-state index >= 15 is 0 Å². The van der Waals surface area contributed by atoms with E-state index in [-0.39, 0.29) is 28.7 Å². The third kappa shape index (κ3) is 6.29. The monoisotopic (exact) mass is 623 g/mol. The second-order valence-electron chi connectivity index (χ2n) is 11.4. The first kappa shape index (κ1) is 30.0. The fraction of sp³-hybridized carbons (Fsp3) is 0.333. The number of rotatable bonds is 5. The largest absolute Gasteiger partial charge is 0.442 e. The molecule has 0 bridgehead atoms. The van der Waals surface area contributed by atoms with Crippen LogP contribution in [0.4, 0.5) is 23.7 Å². The summed E-state index contributed by atoms with van der Waals surface area (Å²) in [4.78, 5) is 39.1. The van der Waals surface area contributed by atoms with E-state index in [0.29, 0.717) is 29.2 Å². The zero-order chi connectivity index (χ0) is 31.9. The lowest BCUT2D eigenvalue weighted by Crippen LogP contribution is -2.28. The highest BCUT2D eigenvalue weighted by Crippen LogP contribution is 2.34. The van der Waals surface area contributed by atoms with Crippen molar-refractivity contribution in [2.75, 3.05) is 11.9 Å². The van der Waals surface area contributed by atoms with E-state index in [1.807, 2.05) is 4.57 Å². The number of imidazole rings is 1. The minimum atomic E-state index is -4.68. The first-order valence-electron chi connectivity index (χ1n) is 14.1. The molecule has 1 amide bonds. The molecule has 0 spiro atoms. The van der Waals surface area contributed by atoms with Gasteiger partial charge in [-0.1, -0.05) is 0 Å². The molecule has 1 N–H and O–H groups in total. The van der Waals surface area contributed by atoms with E-state index in [9.17, 15) is 22.8 Å². The molecule has 1 saturated heterocycles. The van der Waals surface area contributed by atoms with Crippen molar-refractivity contribution in [3.8, 4) is 11.6 Å². The van der Waals surface area contributed by atoms with Gasteiger partial charge in [-0.25, -0.2) is 14.8 Å². The fourth-order valence-electron chi connectivity index (χ4n) is 4.87. The SMILES string of the molecule is CC(C)(C)OC(=O)n1nc(C(=O)Nc2ccc(Oc3ncnc4c3ncn4C3CCCCO3)cc2)c2cc(C(F)(F)F)ccc21. The molecule has 0 saturated carbocycles. The Bertz CT molecular complexity index is 1890. The van der Waals surface area contributed by atoms with Crippen LogP contribution in [-0.4, -0.2) is 53.5 Å². The predicted octanol–water partition coefficient (Wildman–Crippen LogP) is 6.72. The zero-order valence-corrected chi connectivity index (χ0v) is 24.5. The molecule has 0 radical (unpaired) electrons. The van der Waals surface area contributed by atoms with Crippen LogP contribution in [0, 0.1) is 0 Å².